The summed E-state index contributed by atoms with van der Waals surface area (Å²) >= 11 is 9.59. The molecule has 1 amide bonds. The molecule has 5 rings (SSSR count). The number of rotatable bonds is 6. The number of anilines is 2. The minimum atomic E-state index is -4.02. The number of sulfonamides is 1. The third kappa shape index (κ3) is 5.10. The van der Waals surface area contributed by atoms with Gasteiger partial charge in [-0.1, -0.05) is 83.8 Å². The van der Waals surface area contributed by atoms with Gasteiger partial charge in [0, 0.05) is 32.7 Å². The average Bonchev–Trinajstić information content (AvgIpc) is 3.17. The van der Waals surface area contributed by atoms with Crippen molar-refractivity contribution in [1.29, 1.82) is 0 Å². The first-order chi connectivity index (χ1) is 18.1. The molecule has 0 radical (unpaired) electrons. The van der Waals surface area contributed by atoms with E-state index in [1.165, 1.54) is 16.4 Å². The number of amides is 1. The number of halogens is 2. The van der Waals surface area contributed by atoms with Crippen LogP contribution in [-0.4, -0.2) is 20.9 Å². The molecule has 1 aliphatic heterocycles. The highest BCUT2D eigenvalue weighted by atomic mass is 79.9. The van der Waals surface area contributed by atoms with Gasteiger partial charge >= 0.3 is 0 Å². The van der Waals surface area contributed by atoms with Crippen molar-refractivity contribution in [3.63, 3.8) is 0 Å². The third-order valence-corrected chi connectivity index (χ3v) is 9.25. The molecule has 38 heavy (non-hydrogen) atoms. The van der Waals surface area contributed by atoms with Crippen molar-refractivity contribution in [2.75, 3.05) is 15.7 Å². The first-order valence-corrected chi connectivity index (χ1v) is 14.7. The lowest BCUT2D eigenvalue weighted by molar-refractivity contribution is 0.0985. The fraction of sp³-hybridized carbons (Fsp3) is 0.167. The van der Waals surface area contributed by atoms with Gasteiger partial charge in [0.1, 0.15) is 0 Å². The van der Waals surface area contributed by atoms with Crippen molar-refractivity contribution in [2.45, 2.75) is 30.7 Å². The lowest BCUT2D eigenvalue weighted by atomic mass is 9.87. The Hall–Kier alpha value is -3.13. The summed E-state index contributed by atoms with van der Waals surface area (Å²) in [6, 6.07) is 28.3. The Morgan fingerprint density at radius 3 is 2.37 bits per heavy atom. The highest BCUT2D eigenvalue weighted by molar-refractivity contribution is 9.10. The Balaban J connectivity index is 1.53. The van der Waals surface area contributed by atoms with Gasteiger partial charge in [-0.05, 0) is 65.7 Å². The molecule has 0 atom stereocenters. The second kappa shape index (κ2) is 10.2. The van der Waals surface area contributed by atoms with E-state index in [1.807, 2.05) is 48.5 Å². The van der Waals surface area contributed by atoms with E-state index in [4.69, 9.17) is 11.6 Å². The quantitative estimate of drug-likeness (QED) is 0.228. The van der Waals surface area contributed by atoms with Crippen LogP contribution in [0.1, 0.15) is 35.3 Å². The van der Waals surface area contributed by atoms with Crippen molar-refractivity contribution in [3.8, 4) is 0 Å². The van der Waals surface area contributed by atoms with Crippen molar-refractivity contribution < 1.29 is 13.2 Å². The van der Waals surface area contributed by atoms with E-state index in [0.29, 0.717) is 22.8 Å². The molecular formula is C30H26BrClN2O3S. The van der Waals surface area contributed by atoms with Gasteiger partial charge in [0.05, 0.1) is 17.1 Å². The fourth-order valence-electron chi connectivity index (χ4n) is 4.79. The predicted octanol–water partition coefficient (Wildman–Crippen LogP) is 7.44. The maximum atomic E-state index is 14.0. The summed E-state index contributed by atoms with van der Waals surface area (Å²) in [5.41, 5.74) is 3.31. The maximum absolute atomic E-state index is 14.0. The summed E-state index contributed by atoms with van der Waals surface area (Å²) in [4.78, 5) is 15.5. The summed E-state index contributed by atoms with van der Waals surface area (Å²) in [6.45, 7) is 4.83. The number of nitrogens with zero attached hydrogens (tertiary/aromatic N) is 2. The first kappa shape index (κ1) is 26.5. The molecule has 4 aromatic rings. The predicted molar refractivity (Wildman–Crippen MR) is 157 cm³/mol. The van der Waals surface area contributed by atoms with E-state index in [2.05, 4.69) is 29.8 Å². The maximum Gasteiger partial charge on any atom is 0.264 e. The molecule has 0 aromatic heterocycles. The Labute approximate surface area is 236 Å². The summed E-state index contributed by atoms with van der Waals surface area (Å²) in [7, 11) is -4.02. The van der Waals surface area contributed by atoms with Crippen LogP contribution in [0.4, 0.5) is 11.4 Å². The molecule has 0 bridgehead atoms. The molecule has 4 aromatic carbocycles. The SMILES string of the molecule is CC1(C)CN(C(=O)c2cccc(S(=O)(=O)N(Cc3ccccc3)c3ccc(Cl)cc3)c2)c2cc(Br)ccc21. The van der Waals surface area contributed by atoms with Crippen LogP contribution in [0.15, 0.2) is 106 Å². The van der Waals surface area contributed by atoms with Gasteiger partial charge in [0.15, 0.2) is 0 Å². The zero-order valence-corrected chi connectivity index (χ0v) is 24.1. The molecule has 194 valence electrons. The monoisotopic (exact) mass is 608 g/mol. The van der Waals surface area contributed by atoms with E-state index < -0.39 is 10.0 Å². The van der Waals surface area contributed by atoms with Crippen LogP contribution >= 0.6 is 27.5 Å². The molecule has 0 saturated carbocycles. The Morgan fingerprint density at radius 2 is 1.66 bits per heavy atom. The van der Waals surface area contributed by atoms with Crippen LogP contribution in [0.2, 0.25) is 5.02 Å². The number of hydrogen-bond acceptors (Lipinski definition) is 3. The van der Waals surface area contributed by atoms with Gasteiger partial charge in [-0.15, -0.1) is 0 Å². The lowest BCUT2D eigenvalue weighted by Gasteiger charge is -2.25. The van der Waals surface area contributed by atoms with Crippen LogP contribution in [0.5, 0.6) is 0 Å². The van der Waals surface area contributed by atoms with Gasteiger partial charge in [0.25, 0.3) is 15.9 Å². The van der Waals surface area contributed by atoms with E-state index >= 15 is 0 Å². The molecule has 0 saturated heterocycles. The Bertz CT molecular complexity index is 1610. The summed E-state index contributed by atoms with van der Waals surface area (Å²) in [6.07, 6.45) is 0. The van der Waals surface area contributed by atoms with Gasteiger partial charge in [0.2, 0.25) is 0 Å². The average molecular weight is 610 g/mol. The molecule has 0 unspecified atom stereocenters. The van der Waals surface area contributed by atoms with Crippen LogP contribution < -0.4 is 9.21 Å². The van der Waals surface area contributed by atoms with E-state index in [-0.39, 0.29) is 22.8 Å². The molecule has 8 heteroatoms. The Kier molecular flexibility index (Phi) is 7.11. The highest BCUT2D eigenvalue weighted by Crippen LogP contribution is 2.42. The molecule has 1 heterocycles. The molecular weight excluding hydrogens is 584 g/mol. The van der Waals surface area contributed by atoms with E-state index in [9.17, 15) is 13.2 Å². The van der Waals surface area contributed by atoms with E-state index in [1.54, 1.807) is 41.3 Å². The molecule has 0 N–H and O–H groups in total. The molecule has 0 aliphatic carbocycles. The Morgan fingerprint density at radius 1 is 0.947 bits per heavy atom. The third-order valence-electron chi connectivity index (χ3n) is 6.73. The van der Waals surface area contributed by atoms with Gasteiger partial charge in [-0.3, -0.25) is 9.10 Å². The van der Waals surface area contributed by atoms with Gasteiger partial charge < -0.3 is 4.90 Å². The number of carbonyl (C=O) groups is 1. The number of hydrogen-bond donors (Lipinski definition) is 0. The number of benzene rings is 4. The van der Waals surface area contributed by atoms with Crippen LogP contribution in [0.25, 0.3) is 0 Å². The topological polar surface area (TPSA) is 57.7 Å². The summed E-state index contributed by atoms with van der Waals surface area (Å²) in [5.74, 6) is -0.243. The number of carbonyl (C=O) groups excluding carboxylic acids is 1. The smallest absolute Gasteiger partial charge is 0.264 e. The summed E-state index contributed by atoms with van der Waals surface area (Å²) < 4.78 is 30.3. The van der Waals surface area contributed by atoms with Crippen LogP contribution in [-0.2, 0) is 22.0 Å². The van der Waals surface area contributed by atoms with Crippen molar-refractivity contribution in [2.24, 2.45) is 0 Å². The zero-order valence-electron chi connectivity index (χ0n) is 20.9. The standard InChI is InChI=1S/C30H26BrClN2O3S/c1-30(2)20-33(28-18-23(31)11-16-27(28)30)29(35)22-9-6-10-26(17-22)38(36,37)34(19-21-7-4-3-5-8-21)25-14-12-24(32)13-15-25/h3-18H,19-20H2,1-2H3. The first-order valence-electron chi connectivity index (χ1n) is 12.1. The minimum absolute atomic E-state index is 0.0437. The molecule has 0 fully saturated rings. The van der Waals surface area contributed by atoms with Crippen LogP contribution in [0, 0.1) is 0 Å². The van der Waals surface area contributed by atoms with Gasteiger partial charge in [-0.25, -0.2) is 8.42 Å². The lowest BCUT2D eigenvalue weighted by Crippen LogP contribution is -2.34. The molecule has 1 aliphatic rings. The second-order valence-corrected chi connectivity index (χ2v) is 13.2. The highest BCUT2D eigenvalue weighted by Gasteiger charge is 2.38. The number of fused-ring (bicyclic) bond motifs is 1. The van der Waals surface area contributed by atoms with Crippen molar-refractivity contribution >= 4 is 54.8 Å². The largest absolute Gasteiger partial charge is 0.307 e. The van der Waals surface area contributed by atoms with Crippen LogP contribution in [0.3, 0.4) is 0 Å². The minimum Gasteiger partial charge on any atom is -0.307 e. The molecule has 5 nitrogen and oxygen atoms in total. The van der Waals surface area contributed by atoms with Gasteiger partial charge in [-0.2, -0.15) is 0 Å². The second-order valence-electron chi connectivity index (χ2n) is 9.94. The van der Waals surface area contributed by atoms with E-state index in [0.717, 1.165) is 21.3 Å². The van der Waals surface area contributed by atoms with Crippen molar-refractivity contribution in [1.82, 2.24) is 0 Å². The summed E-state index contributed by atoms with van der Waals surface area (Å²) in [5, 5.41) is 0.513. The normalized spacial score (nSPS) is 14.3. The zero-order chi connectivity index (χ0) is 27.1. The fourth-order valence-corrected chi connectivity index (χ4v) is 6.77. The molecule has 0 spiro atoms. The van der Waals surface area contributed by atoms with Crippen molar-refractivity contribution in [3.05, 3.63) is 123 Å².